The maximum absolute atomic E-state index is 11.9. The molecule has 112 valence electrons. The number of hydrogen-bond acceptors (Lipinski definition) is 3. The number of carbonyl (C=O) groups is 1. The Morgan fingerprint density at radius 3 is 2.64 bits per heavy atom. The predicted octanol–water partition coefficient (Wildman–Crippen LogP) is 3.86. The van der Waals surface area contributed by atoms with Gasteiger partial charge in [0, 0.05) is 5.02 Å². The van der Waals surface area contributed by atoms with E-state index >= 15 is 0 Å². The van der Waals surface area contributed by atoms with E-state index in [9.17, 15) is 9.90 Å². The Morgan fingerprint density at radius 2 is 1.95 bits per heavy atom. The summed E-state index contributed by atoms with van der Waals surface area (Å²) in [6.45, 7) is 1.77. The summed E-state index contributed by atoms with van der Waals surface area (Å²) in [6.07, 6.45) is 3.68. The second-order valence-corrected chi connectivity index (χ2v) is 5.04. The maximum Gasteiger partial charge on any atom is 0.275 e. The molecule has 0 radical (unpaired) electrons. The molecule has 4 nitrogen and oxygen atoms in total. The molecule has 0 saturated carbocycles. The average molecular weight is 315 g/mol. The van der Waals surface area contributed by atoms with Crippen molar-refractivity contribution in [2.45, 2.75) is 6.92 Å². The molecule has 0 aliphatic carbocycles. The molecule has 0 fully saturated rings. The zero-order chi connectivity index (χ0) is 15.9. The van der Waals surface area contributed by atoms with Crippen LogP contribution in [0.25, 0.3) is 6.08 Å². The maximum atomic E-state index is 11.9. The molecule has 2 rings (SSSR count). The standard InChI is InChI=1S/C17H15ClN2O2/c1-12(7-8-13-5-3-2-4-6-13)19-20-17(22)15-10-9-14(18)11-16(15)21/h2-11,21H,1H3,(H,20,22)/b8-7+,19-12-. The minimum absolute atomic E-state index is 0.119. The first-order valence-corrected chi connectivity index (χ1v) is 7.00. The highest BCUT2D eigenvalue weighted by atomic mass is 35.5. The fourth-order valence-electron chi connectivity index (χ4n) is 1.71. The first-order valence-electron chi connectivity index (χ1n) is 6.62. The Labute approximate surface area is 133 Å². The molecular weight excluding hydrogens is 300 g/mol. The third kappa shape index (κ3) is 4.46. The van der Waals surface area contributed by atoms with Crippen LogP contribution < -0.4 is 5.43 Å². The predicted molar refractivity (Wildman–Crippen MR) is 89.2 cm³/mol. The van der Waals surface area contributed by atoms with Gasteiger partial charge in [0.2, 0.25) is 0 Å². The molecule has 0 spiro atoms. The fourth-order valence-corrected chi connectivity index (χ4v) is 1.88. The van der Waals surface area contributed by atoms with Crippen molar-refractivity contribution in [2.75, 3.05) is 0 Å². The highest BCUT2D eigenvalue weighted by Crippen LogP contribution is 2.21. The van der Waals surface area contributed by atoms with Gasteiger partial charge in [-0.3, -0.25) is 4.79 Å². The van der Waals surface area contributed by atoms with Gasteiger partial charge in [-0.15, -0.1) is 0 Å². The van der Waals surface area contributed by atoms with Crippen LogP contribution in [0, 0.1) is 0 Å². The van der Waals surface area contributed by atoms with Crippen molar-refractivity contribution < 1.29 is 9.90 Å². The van der Waals surface area contributed by atoms with E-state index in [4.69, 9.17) is 11.6 Å². The summed E-state index contributed by atoms with van der Waals surface area (Å²) < 4.78 is 0. The highest BCUT2D eigenvalue weighted by Gasteiger charge is 2.10. The van der Waals surface area contributed by atoms with Crippen molar-refractivity contribution >= 4 is 29.3 Å². The van der Waals surface area contributed by atoms with Crippen LogP contribution in [0.2, 0.25) is 5.02 Å². The van der Waals surface area contributed by atoms with Crippen molar-refractivity contribution in [1.29, 1.82) is 0 Å². The van der Waals surface area contributed by atoms with Crippen molar-refractivity contribution in [2.24, 2.45) is 5.10 Å². The lowest BCUT2D eigenvalue weighted by Crippen LogP contribution is -2.18. The van der Waals surface area contributed by atoms with E-state index < -0.39 is 5.91 Å². The van der Waals surface area contributed by atoms with Crippen molar-refractivity contribution in [3.63, 3.8) is 0 Å². The zero-order valence-corrected chi connectivity index (χ0v) is 12.7. The number of halogens is 1. The number of nitrogens with one attached hydrogen (secondary N) is 1. The number of amides is 1. The van der Waals surface area contributed by atoms with Crippen molar-refractivity contribution in [1.82, 2.24) is 5.43 Å². The largest absolute Gasteiger partial charge is 0.507 e. The van der Waals surface area contributed by atoms with Crippen molar-refractivity contribution in [3.05, 3.63) is 70.8 Å². The first-order chi connectivity index (χ1) is 10.6. The van der Waals surface area contributed by atoms with Crippen LogP contribution in [0.4, 0.5) is 0 Å². The van der Waals surface area contributed by atoms with Gasteiger partial charge in [0.15, 0.2) is 0 Å². The summed E-state index contributed by atoms with van der Waals surface area (Å²) in [5.41, 5.74) is 4.18. The first kappa shape index (κ1) is 15.8. The van der Waals surface area contributed by atoms with Crippen molar-refractivity contribution in [3.8, 4) is 5.75 Å². The SMILES string of the molecule is CC(/C=C/c1ccccc1)=N/NC(=O)c1ccc(Cl)cc1O. The summed E-state index contributed by atoms with van der Waals surface area (Å²) in [5, 5.41) is 14.0. The summed E-state index contributed by atoms with van der Waals surface area (Å²) in [6, 6.07) is 14.0. The number of aromatic hydroxyl groups is 1. The molecule has 2 aromatic carbocycles. The molecule has 1 amide bonds. The Kier molecular flexibility index (Phi) is 5.33. The van der Waals surface area contributed by atoms with E-state index in [2.05, 4.69) is 10.5 Å². The molecule has 22 heavy (non-hydrogen) atoms. The second-order valence-electron chi connectivity index (χ2n) is 4.60. The number of rotatable bonds is 4. The van der Waals surface area contributed by atoms with E-state index in [1.54, 1.807) is 13.0 Å². The number of hydrogen-bond donors (Lipinski definition) is 2. The highest BCUT2D eigenvalue weighted by molar-refractivity contribution is 6.30. The number of benzene rings is 2. The smallest absolute Gasteiger partial charge is 0.275 e. The van der Waals surface area contributed by atoms with E-state index in [1.807, 2.05) is 36.4 Å². The monoisotopic (exact) mass is 314 g/mol. The van der Waals surface area contributed by atoms with Crippen LogP contribution in [-0.4, -0.2) is 16.7 Å². The lowest BCUT2D eigenvalue weighted by Gasteiger charge is -2.03. The summed E-state index contributed by atoms with van der Waals surface area (Å²) in [4.78, 5) is 11.9. The molecular formula is C17H15ClN2O2. The average Bonchev–Trinajstić information content (AvgIpc) is 2.51. The number of allylic oxidation sites excluding steroid dienone is 1. The van der Waals surface area contributed by atoms with Gasteiger partial charge in [-0.2, -0.15) is 5.10 Å². The van der Waals surface area contributed by atoms with Gasteiger partial charge in [0.25, 0.3) is 5.91 Å². The number of phenolic OH excluding ortho intramolecular Hbond substituents is 1. The normalized spacial score (nSPS) is 11.6. The van der Waals surface area contributed by atoms with Crippen LogP contribution >= 0.6 is 11.6 Å². The summed E-state index contributed by atoms with van der Waals surface area (Å²) >= 11 is 5.72. The lowest BCUT2D eigenvalue weighted by atomic mass is 10.2. The van der Waals surface area contributed by atoms with Crippen LogP contribution in [0.15, 0.2) is 59.7 Å². The van der Waals surface area contributed by atoms with Gasteiger partial charge >= 0.3 is 0 Å². The molecule has 0 aliphatic rings. The minimum Gasteiger partial charge on any atom is -0.507 e. The van der Waals surface area contributed by atoms with Crippen LogP contribution in [0.5, 0.6) is 5.75 Å². The van der Waals surface area contributed by atoms with E-state index in [1.165, 1.54) is 18.2 Å². The van der Waals surface area contributed by atoms with E-state index in [0.29, 0.717) is 10.7 Å². The quantitative estimate of drug-likeness (QED) is 0.665. The molecule has 2 aromatic rings. The Hall–Kier alpha value is -2.59. The Bertz CT molecular complexity index is 725. The molecule has 0 unspecified atom stereocenters. The van der Waals surface area contributed by atoms with Crippen LogP contribution in [-0.2, 0) is 0 Å². The lowest BCUT2D eigenvalue weighted by molar-refractivity contribution is 0.0952. The van der Waals surface area contributed by atoms with E-state index in [0.717, 1.165) is 5.56 Å². The number of hydrazone groups is 1. The molecule has 0 atom stereocenters. The molecule has 0 aliphatic heterocycles. The van der Waals surface area contributed by atoms with E-state index in [-0.39, 0.29) is 11.3 Å². The third-order valence-corrected chi connectivity index (χ3v) is 3.09. The topological polar surface area (TPSA) is 61.7 Å². The Morgan fingerprint density at radius 1 is 1.23 bits per heavy atom. The summed E-state index contributed by atoms with van der Waals surface area (Å²) in [5.74, 6) is -0.681. The number of carbonyl (C=O) groups excluding carboxylic acids is 1. The molecule has 0 saturated heterocycles. The van der Waals surface area contributed by atoms with Gasteiger partial charge in [-0.05, 0) is 36.8 Å². The summed E-state index contributed by atoms with van der Waals surface area (Å²) in [7, 11) is 0. The van der Waals surface area contributed by atoms with Crippen LogP contribution in [0.1, 0.15) is 22.8 Å². The Balaban J connectivity index is 2.01. The molecule has 5 heteroatoms. The second kappa shape index (κ2) is 7.43. The number of phenols is 1. The molecule has 2 N–H and O–H groups in total. The third-order valence-electron chi connectivity index (χ3n) is 2.85. The minimum atomic E-state index is -0.498. The van der Waals surface area contributed by atoms with Gasteiger partial charge in [0.1, 0.15) is 5.75 Å². The van der Waals surface area contributed by atoms with Gasteiger partial charge in [0.05, 0.1) is 11.3 Å². The van der Waals surface area contributed by atoms with Gasteiger partial charge in [-0.25, -0.2) is 5.43 Å². The fraction of sp³-hybridized carbons (Fsp3) is 0.0588. The zero-order valence-electron chi connectivity index (χ0n) is 12.0. The van der Waals surface area contributed by atoms with Crippen LogP contribution in [0.3, 0.4) is 0 Å². The molecule has 0 bridgehead atoms. The van der Waals surface area contributed by atoms with Gasteiger partial charge < -0.3 is 5.11 Å². The van der Waals surface area contributed by atoms with Gasteiger partial charge in [-0.1, -0.05) is 48.0 Å². The number of nitrogens with zero attached hydrogens (tertiary/aromatic N) is 1. The molecule has 0 aromatic heterocycles. The molecule has 0 heterocycles.